The lowest BCUT2D eigenvalue weighted by molar-refractivity contribution is 0.112. The molecule has 1 heterocycles. The second kappa shape index (κ2) is 4.00. The van der Waals surface area contributed by atoms with Gasteiger partial charge in [0.25, 0.3) is 0 Å². The van der Waals surface area contributed by atoms with Crippen molar-refractivity contribution in [3.63, 3.8) is 0 Å². The van der Waals surface area contributed by atoms with Gasteiger partial charge in [0.05, 0.1) is 4.88 Å². The van der Waals surface area contributed by atoms with Crippen molar-refractivity contribution in [2.24, 2.45) is 0 Å². The molecule has 5 heteroatoms. The summed E-state index contributed by atoms with van der Waals surface area (Å²) in [7, 11) is 0. The number of aldehydes is 1. The van der Waals surface area contributed by atoms with Crippen LogP contribution in [0.3, 0.4) is 0 Å². The van der Waals surface area contributed by atoms with Crippen LogP contribution in [0.1, 0.15) is 10.5 Å². The summed E-state index contributed by atoms with van der Waals surface area (Å²) >= 11 is 7.28. The zero-order chi connectivity index (χ0) is 10.8. The maximum atomic E-state index is 10.8. The van der Waals surface area contributed by atoms with Crippen LogP contribution in [0.2, 0.25) is 5.02 Å². The summed E-state index contributed by atoms with van der Waals surface area (Å²) in [4.78, 5) is 15.4. The van der Waals surface area contributed by atoms with Crippen molar-refractivity contribution in [3.05, 3.63) is 35.0 Å². The van der Waals surface area contributed by atoms with Gasteiger partial charge in [0.1, 0.15) is 5.69 Å². The molecule has 0 bridgehead atoms. The van der Waals surface area contributed by atoms with Crippen LogP contribution in [0.4, 0.5) is 5.13 Å². The topological polar surface area (TPSA) is 56.0 Å². The van der Waals surface area contributed by atoms with Gasteiger partial charge in [-0.2, -0.15) is 0 Å². The number of nitrogens with zero attached hydrogens (tertiary/aromatic N) is 1. The Morgan fingerprint density at radius 3 is 2.80 bits per heavy atom. The maximum Gasteiger partial charge on any atom is 0.181 e. The molecule has 0 spiro atoms. The summed E-state index contributed by atoms with van der Waals surface area (Å²) in [6, 6.07) is 7.28. The predicted octanol–water partition coefficient (Wildman–Crippen LogP) is 2.86. The lowest BCUT2D eigenvalue weighted by Gasteiger charge is -1.99. The molecule has 0 unspecified atom stereocenters. The molecule has 1 aromatic carbocycles. The first kappa shape index (κ1) is 10.1. The number of carbonyl (C=O) groups is 1. The Morgan fingerprint density at radius 1 is 1.40 bits per heavy atom. The van der Waals surface area contributed by atoms with Crippen LogP contribution in [0, 0.1) is 0 Å². The van der Waals surface area contributed by atoms with E-state index in [2.05, 4.69) is 4.98 Å². The highest BCUT2D eigenvalue weighted by atomic mass is 35.5. The Morgan fingerprint density at radius 2 is 2.13 bits per heavy atom. The molecule has 2 N–H and O–H groups in total. The van der Waals surface area contributed by atoms with Gasteiger partial charge < -0.3 is 5.73 Å². The minimum absolute atomic E-state index is 0.339. The molecule has 76 valence electrons. The number of benzene rings is 1. The van der Waals surface area contributed by atoms with Crippen LogP contribution in [0.5, 0.6) is 0 Å². The van der Waals surface area contributed by atoms with Crippen molar-refractivity contribution >= 4 is 34.4 Å². The number of rotatable bonds is 2. The first-order valence-electron chi connectivity index (χ1n) is 4.18. The van der Waals surface area contributed by atoms with Crippen LogP contribution in [-0.2, 0) is 0 Å². The van der Waals surface area contributed by atoms with Crippen LogP contribution < -0.4 is 5.73 Å². The molecule has 0 radical (unpaired) electrons. The van der Waals surface area contributed by atoms with E-state index in [1.54, 1.807) is 6.07 Å². The quantitative estimate of drug-likeness (QED) is 0.819. The fourth-order valence-electron chi connectivity index (χ4n) is 1.27. The van der Waals surface area contributed by atoms with Crippen LogP contribution >= 0.6 is 22.9 Å². The molecule has 3 nitrogen and oxygen atoms in total. The third kappa shape index (κ3) is 1.86. The van der Waals surface area contributed by atoms with Crippen LogP contribution in [-0.4, -0.2) is 11.3 Å². The number of nitrogen functional groups attached to an aromatic ring is 1. The van der Waals surface area contributed by atoms with Crippen molar-refractivity contribution in [1.29, 1.82) is 0 Å². The Hall–Kier alpha value is -1.39. The molecule has 0 aliphatic heterocycles. The van der Waals surface area contributed by atoms with E-state index in [4.69, 9.17) is 17.3 Å². The highest BCUT2D eigenvalue weighted by Crippen LogP contribution is 2.35. The third-order valence-corrected chi connectivity index (χ3v) is 3.16. The molecule has 15 heavy (non-hydrogen) atoms. The van der Waals surface area contributed by atoms with Crippen molar-refractivity contribution in [1.82, 2.24) is 4.98 Å². The van der Waals surface area contributed by atoms with Gasteiger partial charge in [-0.1, -0.05) is 41.1 Å². The summed E-state index contributed by atoms with van der Waals surface area (Å²) in [6.45, 7) is 0. The maximum absolute atomic E-state index is 10.8. The monoisotopic (exact) mass is 238 g/mol. The van der Waals surface area contributed by atoms with Gasteiger partial charge >= 0.3 is 0 Å². The van der Waals surface area contributed by atoms with Gasteiger partial charge in [-0.05, 0) is 6.07 Å². The molecule has 0 saturated carbocycles. The van der Waals surface area contributed by atoms with E-state index in [-0.39, 0.29) is 0 Å². The van der Waals surface area contributed by atoms with Crippen molar-refractivity contribution in [3.8, 4) is 10.4 Å². The Kier molecular flexibility index (Phi) is 2.70. The average molecular weight is 239 g/mol. The average Bonchev–Trinajstić information content (AvgIpc) is 2.60. The van der Waals surface area contributed by atoms with E-state index in [0.29, 0.717) is 27.0 Å². The summed E-state index contributed by atoms with van der Waals surface area (Å²) in [5.74, 6) is 0. The van der Waals surface area contributed by atoms with Gasteiger partial charge in [-0.15, -0.1) is 0 Å². The van der Waals surface area contributed by atoms with E-state index in [1.165, 1.54) is 11.3 Å². The molecule has 0 aliphatic carbocycles. The molecular weight excluding hydrogens is 232 g/mol. The smallest absolute Gasteiger partial charge is 0.181 e. The van der Waals surface area contributed by atoms with E-state index >= 15 is 0 Å². The lowest BCUT2D eigenvalue weighted by atomic mass is 10.1. The van der Waals surface area contributed by atoms with E-state index in [0.717, 1.165) is 5.56 Å². The number of anilines is 1. The van der Waals surface area contributed by atoms with Gasteiger partial charge in [0, 0.05) is 10.6 Å². The summed E-state index contributed by atoms with van der Waals surface area (Å²) < 4.78 is 0. The molecule has 1 aromatic heterocycles. The lowest BCUT2D eigenvalue weighted by Crippen LogP contribution is -1.86. The predicted molar refractivity (Wildman–Crippen MR) is 62.4 cm³/mol. The van der Waals surface area contributed by atoms with Crippen molar-refractivity contribution in [2.45, 2.75) is 0 Å². The van der Waals surface area contributed by atoms with Gasteiger partial charge in [-0.3, -0.25) is 4.79 Å². The SMILES string of the molecule is Nc1nc(C=O)c(-c2ccccc2Cl)s1. The second-order valence-corrected chi connectivity index (χ2v) is 4.30. The fraction of sp³-hybridized carbons (Fsp3) is 0. The Balaban J connectivity index is 2.63. The summed E-state index contributed by atoms with van der Waals surface area (Å²) in [5, 5.41) is 0.955. The minimum atomic E-state index is 0.339. The van der Waals surface area contributed by atoms with E-state index in [9.17, 15) is 4.79 Å². The molecule has 2 rings (SSSR count). The first-order valence-corrected chi connectivity index (χ1v) is 5.38. The largest absolute Gasteiger partial charge is 0.375 e. The van der Waals surface area contributed by atoms with E-state index in [1.807, 2.05) is 18.2 Å². The van der Waals surface area contributed by atoms with Gasteiger partial charge in [-0.25, -0.2) is 4.98 Å². The van der Waals surface area contributed by atoms with Crippen LogP contribution in [0.15, 0.2) is 24.3 Å². The number of halogens is 1. The summed E-state index contributed by atoms with van der Waals surface area (Å²) in [6.07, 6.45) is 0.686. The number of hydrogen-bond donors (Lipinski definition) is 1. The zero-order valence-electron chi connectivity index (χ0n) is 7.61. The normalized spacial score (nSPS) is 10.2. The van der Waals surface area contributed by atoms with Crippen molar-refractivity contribution in [2.75, 3.05) is 5.73 Å². The molecule has 0 atom stereocenters. The second-order valence-electron chi connectivity index (χ2n) is 2.86. The molecular formula is C10H7ClN2OS. The number of nitrogens with two attached hydrogens (primary N) is 1. The fourth-order valence-corrected chi connectivity index (χ4v) is 2.39. The molecule has 2 aromatic rings. The molecule has 0 aliphatic rings. The highest BCUT2D eigenvalue weighted by Gasteiger charge is 2.12. The Bertz CT molecular complexity index is 510. The van der Waals surface area contributed by atoms with Gasteiger partial charge in [0.2, 0.25) is 0 Å². The molecule has 0 fully saturated rings. The number of carbonyl (C=O) groups excluding carboxylic acids is 1. The zero-order valence-corrected chi connectivity index (χ0v) is 9.18. The van der Waals surface area contributed by atoms with Gasteiger partial charge in [0.15, 0.2) is 11.4 Å². The number of hydrogen-bond acceptors (Lipinski definition) is 4. The number of thiazole rings is 1. The van der Waals surface area contributed by atoms with Crippen LogP contribution in [0.25, 0.3) is 10.4 Å². The van der Waals surface area contributed by atoms with Crippen molar-refractivity contribution < 1.29 is 4.79 Å². The summed E-state index contributed by atoms with van der Waals surface area (Å²) in [5.41, 5.74) is 6.67. The highest BCUT2D eigenvalue weighted by molar-refractivity contribution is 7.19. The number of aromatic nitrogens is 1. The Labute approximate surface area is 95.5 Å². The minimum Gasteiger partial charge on any atom is -0.375 e. The molecule has 0 saturated heterocycles. The standard InChI is InChI=1S/C10H7ClN2OS/c11-7-4-2-1-3-6(7)9-8(5-14)13-10(12)15-9/h1-5H,(H2,12,13). The molecule has 0 amide bonds. The third-order valence-electron chi connectivity index (χ3n) is 1.90. The van der Waals surface area contributed by atoms with E-state index < -0.39 is 0 Å². The first-order chi connectivity index (χ1) is 7.22.